The van der Waals surface area contributed by atoms with Gasteiger partial charge in [-0.05, 0) is 61.0 Å². The lowest BCUT2D eigenvalue weighted by Gasteiger charge is -2.16. The maximum atomic E-state index is 13.0. The van der Waals surface area contributed by atoms with Gasteiger partial charge in [0.05, 0.1) is 13.2 Å². The lowest BCUT2D eigenvalue weighted by molar-refractivity contribution is -0.113. The summed E-state index contributed by atoms with van der Waals surface area (Å²) in [5, 5.41) is 3.04. The van der Waals surface area contributed by atoms with Crippen molar-refractivity contribution in [2.75, 3.05) is 39.2 Å². The largest absolute Gasteiger partial charge is 0.493 e. The van der Waals surface area contributed by atoms with E-state index in [1.165, 1.54) is 11.1 Å². The molecule has 5 heteroatoms. The summed E-state index contributed by atoms with van der Waals surface area (Å²) in [5.41, 5.74) is 7.09. The molecule has 0 fully saturated rings. The first kappa shape index (κ1) is 23.7. The number of ether oxygens (including phenoxy) is 2. The molecule has 5 nitrogen and oxygen atoms in total. The van der Waals surface area contributed by atoms with Crippen LogP contribution in [-0.2, 0) is 16.1 Å². The van der Waals surface area contributed by atoms with Crippen LogP contribution in [0.15, 0.2) is 72.3 Å². The number of hydrogen-bond acceptors (Lipinski definition) is 4. The standard InChI is InChI=1S/C29H32N2O3/c1-21-4-8-23(9-5-21)24-10-13-28-26(18-24)19-25(14-16-34-28)29(32)30-27-11-6-22(7-12-27)20-31(2)15-17-33-3/h4-13,18-19H,14-17,20H2,1-3H3,(H,30,32). The Morgan fingerprint density at radius 2 is 1.76 bits per heavy atom. The van der Waals surface area contributed by atoms with Crippen molar-refractivity contribution in [3.63, 3.8) is 0 Å². The van der Waals surface area contributed by atoms with Crippen LogP contribution in [0.2, 0.25) is 0 Å². The van der Waals surface area contributed by atoms with Crippen LogP contribution in [0.1, 0.15) is 23.1 Å². The third-order valence-corrected chi connectivity index (χ3v) is 5.99. The molecule has 1 amide bonds. The predicted octanol–water partition coefficient (Wildman–Crippen LogP) is 5.54. The fraction of sp³-hybridized carbons (Fsp3) is 0.276. The second kappa shape index (κ2) is 11.1. The molecular formula is C29H32N2O3. The molecule has 1 aliphatic heterocycles. The van der Waals surface area contributed by atoms with Crippen LogP contribution in [0.3, 0.4) is 0 Å². The molecule has 0 aliphatic carbocycles. The molecule has 0 bridgehead atoms. The molecule has 1 aliphatic rings. The maximum Gasteiger partial charge on any atom is 0.251 e. The summed E-state index contributed by atoms with van der Waals surface area (Å²) in [4.78, 5) is 15.3. The van der Waals surface area contributed by atoms with Gasteiger partial charge < -0.3 is 14.8 Å². The van der Waals surface area contributed by atoms with Gasteiger partial charge in [0.15, 0.2) is 0 Å². The second-order valence-electron chi connectivity index (χ2n) is 8.77. The van der Waals surface area contributed by atoms with E-state index in [9.17, 15) is 4.79 Å². The molecule has 3 aromatic carbocycles. The van der Waals surface area contributed by atoms with E-state index in [1.807, 2.05) is 36.4 Å². The number of carbonyl (C=O) groups excluding carboxylic acids is 1. The summed E-state index contributed by atoms with van der Waals surface area (Å²) >= 11 is 0. The Bertz CT molecular complexity index is 1150. The van der Waals surface area contributed by atoms with Gasteiger partial charge in [-0.3, -0.25) is 9.69 Å². The Hall–Kier alpha value is -3.41. The van der Waals surface area contributed by atoms with E-state index in [0.717, 1.165) is 41.2 Å². The van der Waals surface area contributed by atoms with E-state index in [2.05, 4.69) is 60.6 Å². The quantitative estimate of drug-likeness (QED) is 0.483. The van der Waals surface area contributed by atoms with E-state index in [0.29, 0.717) is 25.2 Å². The maximum absolute atomic E-state index is 13.0. The Morgan fingerprint density at radius 3 is 2.50 bits per heavy atom. The third kappa shape index (κ3) is 6.13. The summed E-state index contributed by atoms with van der Waals surface area (Å²) < 4.78 is 11.1. The average Bonchev–Trinajstić information content (AvgIpc) is 3.06. The zero-order chi connectivity index (χ0) is 23.9. The SMILES string of the molecule is COCCN(C)Cc1ccc(NC(=O)C2=Cc3cc(-c4ccc(C)cc4)ccc3OCC2)cc1. The number of methoxy groups -OCH3 is 1. The van der Waals surface area contributed by atoms with Crippen LogP contribution in [0.4, 0.5) is 5.69 Å². The van der Waals surface area contributed by atoms with Crippen molar-refractivity contribution in [1.82, 2.24) is 4.90 Å². The van der Waals surface area contributed by atoms with Gasteiger partial charge in [0.2, 0.25) is 0 Å². The van der Waals surface area contributed by atoms with E-state index in [4.69, 9.17) is 9.47 Å². The van der Waals surface area contributed by atoms with Crippen molar-refractivity contribution in [3.05, 3.63) is 89.0 Å². The number of anilines is 1. The average molecular weight is 457 g/mol. The van der Waals surface area contributed by atoms with Gasteiger partial charge in [-0.25, -0.2) is 0 Å². The normalized spacial score (nSPS) is 13.0. The van der Waals surface area contributed by atoms with Crippen molar-refractivity contribution in [2.24, 2.45) is 0 Å². The van der Waals surface area contributed by atoms with Crippen molar-refractivity contribution in [2.45, 2.75) is 19.9 Å². The summed E-state index contributed by atoms with van der Waals surface area (Å²) in [7, 11) is 3.78. The smallest absolute Gasteiger partial charge is 0.251 e. The first-order chi connectivity index (χ1) is 16.5. The van der Waals surface area contributed by atoms with E-state index in [1.54, 1.807) is 7.11 Å². The van der Waals surface area contributed by atoms with Crippen LogP contribution < -0.4 is 10.1 Å². The number of nitrogens with zero attached hydrogens (tertiary/aromatic N) is 1. The van der Waals surface area contributed by atoms with Crippen molar-refractivity contribution in [1.29, 1.82) is 0 Å². The minimum absolute atomic E-state index is 0.0952. The fourth-order valence-corrected chi connectivity index (χ4v) is 3.97. The van der Waals surface area contributed by atoms with Gasteiger partial charge >= 0.3 is 0 Å². The van der Waals surface area contributed by atoms with Crippen molar-refractivity contribution in [3.8, 4) is 16.9 Å². The highest BCUT2D eigenvalue weighted by atomic mass is 16.5. The van der Waals surface area contributed by atoms with Gasteiger partial charge in [0.25, 0.3) is 5.91 Å². The first-order valence-electron chi connectivity index (χ1n) is 11.6. The number of rotatable bonds is 8. The van der Waals surface area contributed by atoms with Crippen LogP contribution in [0, 0.1) is 6.92 Å². The van der Waals surface area contributed by atoms with E-state index >= 15 is 0 Å². The molecule has 0 saturated carbocycles. The molecular weight excluding hydrogens is 424 g/mol. The Morgan fingerprint density at radius 1 is 1.03 bits per heavy atom. The van der Waals surface area contributed by atoms with Crippen molar-refractivity contribution < 1.29 is 14.3 Å². The van der Waals surface area contributed by atoms with Gasteiger partial charge in [0, 0.05) is 43.4 Å². The summed E-state index contributed by atoms with van der Waals surface area (Å²) in [6.07, 6.45) is 2.51. The first-order valence-corrected chi connectivity index (χ1v) is 11.6. The molecule has 34 heavy (non-hydrogen) atoms. The molecule has 0 unspecified atom stereocenters. The second-order valence-corrected chi connectivity index (χ2v) is 8.77. The number of benzene rings is 3. The third-order valence-electron chi connectivity index (χ3n) is 5.99. The van der Waals surface area contributed by atoms with Gasteiger partial charge in [0.1, 0.15) is 5.75 Å². The van der Waals surface area contributed by atoms with E-state index in [-0.39, 0.29) is 5.91 Å². The van der Waals surface area contributed by atoms with Crippen LogP contribution in [0.5, 0.6) is 5.75 Å². The number of aryl methyl sites for hydroxylation is 1. The van der Waals surface area contributed by atoms with Crippen LogP contribution >= 0.6 is 0 Å². The molecule has 0 spiro atoms. The van der Waals surface area contributed by atoms with Crippen molar-refractivity contribution >= 4 is 17.7 Å². The minimum atomic E-state index is -0.0952. The molecule has 1 heterocycles. The number of hydrogen-bond donors (Lipinski definition) is 1. The van der Waals surface area contributed by atoms with Crippen LogP contribution in [-0.4, -0.2) is 44.7 Å². The number of amides is 1. The highest BCUT2D eigenvalue weighted by Gasteiger charge is 2.16. The Kier molecular flexibility index (Phi) is 7.78. The molecule has 4 rings (SSSR count). The lowest BCUT2D eigenvalue weighted by Crippen LogP contribution is -2.22. The summed E-state index contributed by atoms with van der Waals surface area (Å²) in [5.74, 6) is 0.711. The predicted molar refractivity (Wildman–Crippen MR) is 138 cm³/mol. The minimum Gasteiger partial charge on any atom is -0.493 e. The molecule has 1 N–H and O–H groups in total. The number of nitrogens with one attached hydrogen (secondary N) is 1. The molecule has 0 aromatic heterocycles. The highest BCUT2D eigenvalue weighted by molar-refractivity contribution is 6.07. The van der Waals surface area contributed by atoms with Gasteiger partial charge in [-0.15, -0.1) is 0 Å². The monoisotopic (exact) mass is 456 g/mol. The Balaban J connectivity index is 1.46. The Labute approximate surface area is 202 Å². The number of likely N-dealkylation sites (N-methyl/N-ethyl adjacent to an activating group) is 1. The summed E-state index contributed by atoms with van der Waals surface area (Å²) in [6.45, 7) is 4.97. The zero-order valence-electron chi connectivity index (χ0n) is 20.1. The molecule has 3 aromatic rings. The summed E-state index contributed by atoms with van der Waals surface area (Å²) in [6, 6.07) is 22.6. The zero-order valence-corrected chi connectivity index (χ0v) is 20.1. The topological polar surface area (TPSA) is 50.8 Å². The number of fused-ring (bicyclic) bond motifs is 1. The van der Waals surface area contributed by atoms with Gasteiger partial charge in [-0.1, -0.05) is 48.0 Å². The lowest BCUT2D eigenvalue weighted by atomic mass is 10.00. The molecule has 0 atom stereocenters. The highest BCUT2D eigenvalue weighted by Crippen LogP contribution is 2.31. The van der Waals surface area contributed by atoms with Gasteiger partial charge in [-0.2, -0.15) is 0 Å². The molecule has 176 valence electrons. The number of carbonyl (C=O) groups is 1. The van der Waals surface area contributed by atoms with E-state index < -0.39 is 0 Å². The fourth-order valence-electron chi connectivity index (χ4n) is 3.97. The molecule has 0 radical (unpaired) electrons. The van der Waals surface area contributed by atoms with Crippen LogP contribution in [0.25, 0.3) is 17.2 Å². The molecule has 0 saturated heterocycles.